The molecule has 0 radical (unpaired) electrons. The zero-order chi connectivity index (χ0) is 28.6. The number of nitrogens with one attached hydrogen (secondary N) is 2. The molecule has 0 bridgehead atoms. The number of amides is 1. The first-order chi connectivity index (χ1) is 19.3. The standard InChI is InChI=1S/C30H35FN6O3/c1-19-14-24(17-37(16-19)18-25-26(31)6-5-7-29(25)39-4)33-30(38)22-11-9-21(3)34-35-27(13-12-22)23-10-8-20(2)28(15-23)36-40-32/h5-13,15,19,24,34H,2,14,16-18,32H2,1,3-4H3,(H,33,38). The van der Waals surface area contributed by atoms with Crippen molar-refractivity contribution in [2.75, 3.05) is 20.2 Å². The summed E-state index contributed by atoms with van der Waals surface area (Å²) in [4.78, 5) is 20.0. The fourth-order valence-electron chi connectivity index (χ4n) is 4.91. The third kappa shape index (κ3) is 7.22. The number of H-pyrrole nitrogens is 1. The Balaban J connectivity index is 1.55. The highest BCUT2D eigenvalue weighted by molar-refractivity contribution is 6.15. The monoisotopic (exact) mass is 546 g/mol. The lowest BCUT2D eigenvalue weighted by atomic mass is 9.95. The maximum absolute atomic E-state index is 14.6. The molecule has 2 aromatic rings. The van der Waals surface area contributed by atoms with Crippen molar-refractivity contribution in [3.63, 3.8) is 0 Å². The number of aromatic nitrogens is 2. The number of ether oxygens (including phenoxy) is 1. The van der Waals surface area contributed by atoms with Crippen LogP contribution < -0.4 is 16.0 Å². The molecule has 1 amide bonds. The van der Waals surface area contributed by atoms with Crippen molar-refractivity contribution < 1.29 is 18.9 Å². The maximum Gasteiger partial charge on any atom is 0.251 e. The van der Waals surface area contributed by atoms with Gasteiger partial charge >= 0.3 is 0 Å². The van der Waals surface area contributed by atoms with Gasteiger partial charge in [0.15, 0.2) is 0 Å². The predicted octanol–water partition coefficient (Wildman–Crippen LogP) is 4.39. The number of aryl methyl sites for hydroxylation is 1. The molecule has 1 saturated heterocycles. The normalized spacial score (nSPS) is 20.1. The molecule has 2 atom stereocenters. The largest absolute Gasteiger partial charge is 0.496 e. The van der Waals surface area contributed by atoms with Crippen molar-refractivity contribution in [2.24, 2.45) is 17.0 Å². The average molecular weight is 547 g/mol. The fraction of sp³-hybridized carbons (Fsp3) is 0.300. The smallest absolute Gasteiger partial charge is 0.251 e. The molecule has 9 nitrogen and oxygen atoms in total. The van der Waals surface area contributed by atoms with E-state index in [9.17, 15) is 9.18 Å². The molecular formula is C30H35FN6O3. The van der Waals surface area contributed by atoms with Crippen LogP contribution in [0.4, 0.5) is 4.39 Å². The van der Waals surface area contributed by atoms with E-state index in [1.807, 2.05) is 13.0 Å². The zero-order valence-corrected chi connectivity index (χ0v) is 23.0. The van der Waals surface area contributed by atoms with E-state index >= 15 is 0 Å². The Labute approximate surface area is 233 Å². The second-order valence-electron chi connectivity index (χ2n) is 10.1. The summed E-state index contributed by atoms with van der Waals surface area (Å²) in [6.07, 6.45) is 6.22. The van der Waals surface area contributed by atoms with Crippen LogP contribution >= 0.6 is 0 Å². The quantitative estimate of drug-likeness (QED) is 0.444. The molecule has 4 rings (SSSR count). The second-order valence-corrected chi connectivity index (χ2v) is 10.1. The number of piperidine rings is 1. The number of hydrogen-bond acceptors (Lipinski definition) is 7. The molecule has 1 aliphatic heterocycles. The Kier molecular flexibility index (Phi) is 9.47. The third-order valence-electron chi connectivity index (χ3n) is 6.83. The van der Waals surface area contributed by atoms with Gasteiger partial charge in [0.25, 0.3) is 5.91 Å². The third-order valence-corrected chi connectivity index (χ3v) is 6.83. The molecule has 0 spiro atoms. The summed E-state index contributed by atoms with van der Waals surface area (Å²) in [6, 6.07) is 11.8. The number of likely N-dealkylation sites (tertiary alicyclic amines) is 1. The van der Waals surface area contributed by atoms with E-state index in [0.717, 1.165) is 24.2 Å². The van der Waals surface area contributed by atoms with Crippen molar-refractivity contribution in [2.45, 2.75) is 32.9 Å². The molecule has 40 heavy (non-hydrogen) atoms. The topological polar surface area (TPSA) is 118 Å². The van der Waals surface area contributed by atoms with Crippen LogP contribution in [0.2, 0.25) is 0 Å². The van der Waals surface area contributed by atoms with Gasteiger partial charge in [0.2, 0.25) is 0 Å². The molecule has 1 aromatic heterocycles. The van der Waals surface area contributed by atoms with Crippen LogP contribution in [0.1, 0.15) is 40.7 Å². The minimum atomic E-state index is -0.298. The number of benzene rings is 1. The zero-order valence-electron chi connectivity index (χ0n) is 23.0. The number of carbonyl (C=O) groups excluding carboxylic acids is 1. The van der Waals surface area contributed by atoms with Gasteiger partial charge in [0, 0.05) is 48.1 Å². The second kappa shape index (κ2) is 13.2. The SMILES string of the molecule is C=C1C=CC(c2ccc(C(=O)NC3CC(C)CN(Cc4c(F)cccc4OC)C3)ccc(C)[nH]n2)=CC1=NON. The minimum absolute atomic E-state index is 0.0997. The predicted molar refractivity (Wildman–Crippen MR) is 153 cm³/mol. The van der Waals surface area contributed by atoms with Crippen LogP contribution in [0.25, 0.3) is 5.57 Å². The van der Waals surface area contributed by atoms with Crippen molar-refractivity contribution in [3.05, 3.63) is 101 Å². The summed E-state index contributed by atoms with van der Waals surface area (Å²) in [5, 5.41) is 14.5. The van der Waals surface area contributed by atoms with E-state index < -0.39 is 0 Å². The maximum atomic E-state index is 14.6. The molecule has 1 aromatic carbocycles. The van der Waals surface area contributed by atoms with E-state index in [1.54, 1.807) is 55.7 Å². The number of oxime groups is 1. The van der Waals surface area contributed by atoms with Gasteiger partial charge < -0.3 is 15.0 Å². The lowest BCUT2D eigenvalue weighted by Crippen LogP contribution is -2.50. The van der Waals surface area contributed by atoms with Crippen molar-refractivity contribution in [3.8, 4) is 5.75 Å². The molecule has 1 aliphatic carbocycles. The van der Waals surface area contributed by atoms with Crippen LogP contribution in [-0.4, -0.2) is 53.0 Å². The molecule has 2 aliphatic rings. The van der Waals surface area contributed by atoms with Crippen molar-refractivity contribution in [1.29, 1.82) is 0 Å². The van der Waals surface area contributed by atoms with Crippen molar-refractivity contribution in [1.82, 2.24) is 20.4 Å². The Morgan fingerprint density at radius 2 is 2.05 bits per heavy atom. The molecule has 0 saturated carbocycles. The van der Waals surface area contributed by atoms with Crippen LogP contribution in [0.15, 0.2) is 78.0 Å². The number of nitrogens with zero attached hydrogens (tertiary/aromatic N) is 3. The summed E-state index contributed by atoms with van der Waals surface area (Å²) in [5.41, 5.74) is 4.19. The van der Waals surface area contributed by atoms with Gasteiger partial charge in [0.05, 0.1) is 12.8 Å². The summed E-state index contributed by atoms with van der Waals surface area (Å²) in [7, 11) is 1.54. The van der Waals surface area contributed by atoms with Crippen LogP contribution in [0, 0.1) is 18.7 Å². The van der Waals surface area contributed by atoms with Gasteiger partial charge in [-0.3, -0.25) is 14.8 Å². The highest BCUT2D eigenvalue weighted by Gasteiger charge is 2.27. The van der Waals surface area contributed by atoms with E-state index in [1.165, 1.54) is 6.07 Å². The Morgan fingerprint density at radius 3 is 2.83 bits per heavy atom. The molecule has 2 unspecified atom stereocenters. The van der Waals surface area contributed by atoms with E-state index in [2.05, 4.69) is 44.0 Å². The number of allylic oxidation sites excluding steroid dienone is 5. The lowest BCUT2D eigenvalue weighted by molar-refractivity contribution is 0.0867. The van der Waals surface area contributed by atoms with Gasteiger partial charge in [-0.1, -0.05) is 36.9 Å². The van der Waals surface area contributed by atoms with Gasteiger partial charge in [-0.05, 0) is 67.3 Å². The Morgan fingerprint density at radius 1 is 1.25 bits per heavy atom. The first-order valence-electron chi connectivity index (χ1n) is 13.1. The summed E-state index contributed by atoms with van der Waals surface area (Å²) < 4.78 is 20.0. The van der Waals surface area contributed by atoms with Crippen molar-refractivity contribution >= 4 is 17.2 Å². The van der Waals surface area contributed by atoms with Gasteiger partial charge in [-0.2, -0.15) is 5.10 Å². The van der Waals surface area contributed by atoms with Gasteiger partial charge in [-0.25, -0.2) is 4.39 Å². The summed E-state index contributed by atoms with van der Waals surface area (Å²) >= 11 is 0. The van der Waals surface area contributed by atoms with Crippen LogP contribution in [0.5, 0.6) is 5.75 Å². The number of hydrogen-bond donors (Lipinski definition) is 3. The van der Waals surface area contributed by atoms with Gasteiger partial charge in [-0.15, -0.1) is 5.90 Å². The number of carbonyl (C=O) groups is 1. The first-order valence-corrected chi connectivity index (χ1v) is 13.1. The molecular weight excluding hydrogens is 511 g/mol. The number of rotatable bonds is 7. The first kappa shape index (κ1) is 28.7. The molecule has 210 valence electrons. The molecule has 2 heterocycles. The fourth-order valence-corrected chi connectivity index (χ4v) is 4.91. The highest BCUT2D eigenvalue weighted by atomic mass is 19.1. The van der Waals surface area contributed by atoms with E-state index in [4.69, 9.17) is 10.6 Å². The Bertz CT molecular complexity index is 1410. The molecule has 10 heteroatoms. The number of halogens is 1. The Hall–Kier alpha value is -4.28. The minimum Gasteiger partial charge on any atom is -0.496 e. The van der Waals surface area contributed by atoms with Crippen LogP contribution in [-0.2, 0) is 11.5 Å². The summed E-state index contributed by atoms with van der Waals surface area (Å²) in [5.74, 6) is 5.45. The lowest BCUT2D eigenvalue weighted by Gasteiger charge is -2.37. The van der Waals surface area contributed by atoms with Crippen LogP contribution in [0.3, 0.4) is 0 Å². The van der Waals surface area contributed by atoms with E-state index in [0.29, 0.717) is 52.9 Å². The number of methoxy groups -OCH3 is 1. The average Bonchev–Trinajstić information content (AvgIpc) is 3.01. The number of aromatic amines is 1. The van der Waals surface area contributed by atoms with E-state index in [-0.39, 0.29) is 17.8 Å². The van der Waals surface area contributed by atoms with Gasteiger partial charge in [0.1, 0.15) is 17.3 Å². The number of nitrogens with two attached hydrogens (primary N) is 1. The molecule has 4 N–H and O–H groups in total. The molecule has 1 fully saturated rings. The summed E-state index contributed by atoms with van der Waals surface area (Å²) in [6.45, 7) is 9.72. The highest BCUT2D eigenvalue weighted by Crippen LogP contribution is 2.26.